The molecule has 3 rings (SSSR count). The van der Waals surface area contributed by atoms with Gasteiger partial charge in [-0.2, -0.15) is 0 Å². The van der Waals surface area contributed by atoms with Gasteiger partial charge < -0.3 is 14.5 Å². The Bertz CT molecular complexity index is 830. The van der Waals surface area contributed by atoms with Crippen LogP contribution in [-0.2, 0) is 4.79 Å². The Labute approximate surface area is 171 Å². The highest BCUT2D eigenvalue weighted by atomic mass is 35.5. The third-order valence-electron chi connectivity index (χ3n) is 5.00. The zero-order chi connectivity index (χ0) is 20.1. The van der Waals surface area contributed by atoms with Gasteiger partial charge in [-0.05, 0) is 44.0 Å². The van der Waals surface area contributed by atoms with E-state index in [0.717, 1.165) is 37.3 Å². The molecule has 1 fully saturated rings. The maximum atomic E-state index is 12.4. The van der Waals surface area contributed by atoms with Gasteiger partial charge in [0.15, 0.2) is 0 Å². The quantitative estimate of drug-likeness (QED) is 0.714. The minimum absolute atomic E-state index is 0.149. The molecule has 0 aliphatic carbocycles. The molecule has 1 aromatic heterocycles. The number of unbranched alkanes of at least 4 members (excludes halogenated alkanes) is 1. The number of hydrogen-bond acceptors (Lipinski definition) is 5. The van der Waals surface area contributed by atoms with Crippen LogP contribution in [0, 0.1) is 6.92 Å². The van der Waals surface area contributed by atoms with Crippen LogP contribution in [0.1, 0.15) is 38.7 Å². The summed E-state index contributed by atoms with van der Waals surface area (Å²) in [6.07, 6.45) is 4.13. The number of nitrogens with zero attached hydrogens (tertiary/aromatic N) is 4. The first kappa shape index (κ1) is 20.4. The molecule has 1 amide bonds. The highest BCUT2D eigenvalue weighted by molar-refractivity contribution is 6.31. The first-order valence-electron chi connectivity index (χ1n) is 9.78. The lowest BCUT2D eigenvalue weighted by Crippen LogP contribution is -2.54. The fourth-order valence-electron chi connectivity index (χ4n) is 3.37. The van der Waals surface area contributed by atoms with Gasteiger partial charge in [0, 0.05) is 43.2 Å². The zero-order valence-electron chi connectivity index (χ0n) is 16.7. The number of carbonyl (C=O) groups excluding carboxylic acids is 1. The van der Waals surface area contributed by atoms with Crippen LogP contribution in [-0.4, -0.2) is 46.5 Å². The lowest BCUT2D eigenvalue weighted by molar-refractivity contribution is -0.133. The van der Waals surface area contributed by atoms with Crippen molar-refractivity contribution in [1.82, 2.24) is 14.9 Å². The number of piperazine rings is 1. The minimum atomic E-state index is 0.149. The molecule has 1 saturated heterocycles. The summed E-state index contributed by atoms with van der Waals surface area (Å²) in [5, 5.41) is 0.705. The van der Waals surface area contributed by atoms with Crippen LogP contribution in [0.2, 0.25) is 5.02 Å². The summed E-state index contributed by atoms with van der Waals surface area (Å²) in [5.74, 6) is 2.23. The highest BCUT2D eigenvalue weighted by Gasteiger charge is 2.27. The van der Waals surface area contributed by atoms with E-state index in [0.29, 0.717) is 29.6 Å². The van der Waals surface area contributed by atoms with Crippen molar-refractivity contribution < 1.29 is 9.53 Å². The van der Waals surface area contributed by atoms with Crippen molar-refractivity contribution in [3.05, 3.63) is 41.2 Å². The molecule has 2 heterocycles. The SMILES string of the molecule is CCCCC(=O)N1CCN(c2cc(Oc3ccc(Cl)c(C)c3)ncn2)CC1C. The van der Waals surface area contributed by atoms with E-state index in [2.05, 4.69) is 28.7 Å². The van der Waals surface area contributed by atoms with Crippen LogP contribution in [0.25, 0.3) is 0 Å². The van der Waals surface area contributed by atoms with Crippen molar-refractivity contribution >= 4 is 23.3 Å². The smallest absolute Gasteiger partial charge is 0.224 e. The van der Waals surface area contributed by atoms with Crippen LogP contribution in [0.3, 0.4) is 0 Å². The van der Waals surface area contributed by atoms with E-state index in [1.54, 1.807) is 0 Å². The van der Waals surface area contributed by atoms with Gasteiger partial charge in [0.25, 0.3) is 0 Å². The predicted molar refractivity (Wildman–Crippen MR) is 111 cm³/mol. The standard InChI is InChI=1S/C21H27ClN4O2/c1-4-5-6-21(27)26-10-9-25(13-16(26)3)19-12-20(24-14-23-19)28-17-7-8-18(22)15(2)11-17/h7-8,11-12,14,16H,4-6,9-10,13H2,1-3H3. The molecule has 1 aliphatic rings. The largest absolute Gasteiger partial charge is 0.439 e. The summed E-state index contributed by atoms with van der Waals surface area (Å²) in [7, 11) is 0. The number of ether oxygens (including phenoxy) is 1. The van der Waals surface area contributed by atoms with Crippen molar-refractivity contribution in [2.24, 2.45) is 0 Å². The summed E-state index contributed by atoms with van der Waals surface area (Å²) in [4.78, 5) is 25.2. The Kier molecular flexibility index (Phi) is 6.73. The number of anilines is 1. The van der Waals surface area contributed by atoms with Gasteiger partial charge in [-0.15, -0.1) is 0 Å². The van der Waals surface area contributed by atoms with Gasteiger partial charge in [0.05, 0.1) is 0 Å². The molecule has 6 nitrogen and oxygen atoms in total. The predicted octanol–water partition coefficient (Wildman–Crippen LogP) is 4.46. The van der Waals surface area contributed by atoms with Crippen molar-refractivity contribution in [3.8, 4) is 11.6 Å². The molecule has 150 valence electrons. The van der Waals surface area contributed by atoms with Gasteiger partial charge in [-0.3, -0.25) is 4.79 Å². The van der Waals surface area contributed by atoms with Gasteiger partial charge in [-0.1, -0.05) is 24.9 Å². The van der Waals surface area contributed by atoms with Crippen LogP contribution >= 0.6 is 11.6 Å². The Morgan fingerprint density at radius 2 is 2.11 bits per heavy atom. The molecule has 1 atom stereocenters. The Balaban J connectivity index is 1.66. The zero-order valence-corrected chi connectivity index (χ0v) is 17.4. The minimum Gasteiger partial charge on any atom is -0.439 e. The molecule has 0 spiro atoms. The third-order valence-corrected chi connectivity index (χ3v) is 5.42. The summed E-state index contributed by atoms with van der Waals surface area (Å²) in [5.41, 5.74) is 0.950. The number of hydrogen-bond donors (Lipinski definition) is 0. The number of aryl methyl sites for hydroxylation is 1. The van der Waals surface area contributed by atoms with E-state index in [-0.39, 0.29) is 11.9 Å². The summed E-state index contributed by atoms with van der Waals surface area (Å²) in [6, 6.07) is 7.50. The summed E-state index contributed by atoms with van der Waals surface area (Å²) in [6.45, 7) is 8.33. The fraction of sp³-hybridized carbons (Fsp3) is 0.476. The topological polar surface area (TPSA) is 58.6 Å². The Morgan fingerprint density at radius 1 is 1.29 bits per heavy atom. The van der Waals surface area contributed by atoms with Gasteiger partial charge in [0.1, 0.15) is 17.9 Å². The van der Waals surface area contributed by atoms with Crippen LogP contribution in [0.5, 0.6) is 11.6 Å². The van der Waals surface area contributed by atoms with E-state index in [9.17, 15) is 4.79 Å². The average molecular weight is 403 g/mol. The number of halogens is 1. The Morgan fingerprint density at radius 3 is 2.82 bits per heavy atom. The molecular formula is C21H27ClN4O2. The molecule has 28 heavy (non-hydrogen) atoms. The molecule has 1 aliphatic heterocycles. The number of amides is 1. The monoisotopic (exact) mass is 402 g/mol. The highest BCUT2D eigenvalue weighted by Crippen LogP contribution is 2.27. The molecule has 1 aromatic carbocycles. The lowest BCUT2D eigenvalue weighted by Gasteiger charge is -2.40. The number of rotatable bonds is 6. The van der Waals surface area contributed by atoms with Crippen LogP contribution < -0.4 is 9.64 Å². The second-order valence-corrected chi connectivity index (χ2v) is 7.62. The second kappa shape index (κ2) is 9.24. The van der Waals surface area contributed by atoms with Crippen molar-refractivity contribution in [2.75, 3.05) is 24.5 Å². The molecule has 0 saturated carbocycles. The van der Waals surface area contributed by atoms with Crippen LogP contribution in [0.4, 0.5) is 5.82 Å². The van der Waals surface area contributed by atoms with Crippen molar-refractivity contribution in [1.29, 1.82) is 0 Å². The first-order valence-corrected chi connectivity index (χ1v) is 10.2. The summed E-state index contributed by atoms with van der Waals surface area (Å²) < 4.78 is 5.88. The number of benzene rings is 1. The third kappa shape index (κ3) is 4.93. The van der Waals surface area contributed by atoms with Crippen molar-refractivity contribution in [2.45, 2.75) is 46.1 Å². The molecule has 0 radical (unpaired) electrons. The lowest BCUT2D eigenvalue weighted by atomic mass is 10.1. The molecule has 2 aromatic rings. The average Bonchev–Trinajstić information content (AvgIpc) is 2.69. The molecular weight excluding hydrogens is 376 g/mol. The van der Waals surface area contributed by atoms with E-state index in [1.165, 1.54) is 6.33 Å². The Hall–Kier alpha value is -2.34. The molecule has 0 N–H and O–H groups in total. The van der Waals surface area contributed by atoms with E-state index >= 15 is 0 Å². The molecule has 1 unspecified atom stereocenters. The fourth-order valence-corrected chi connectivity index (χ4v) is 3.49. The van der Waals surface area contributed by atoms with Crippen molar-refractivity contribution in [3.63, 3.8) is 0 Å². The number of aromatic nitrogens is 2. The summed E-state index contributed by atoms with van der Waals surface area (Å²) >= 11 is 6.07. The van der Waals surface area contributed by atoms with Gasteiger partial charge in [-0.25, -0.2) is 9.97 Å². The van der Waals surface area contributed by atoms with E-state index in [4.69, 9.17) is 16.3 Å². The van der Waals surface area contributed by atoms with E-state index in [1.807, 2.05) is 36.1 Å². The van der Waals surface area contributed by atoms with Gasteiger partial charge in [0.2, 0.25) is 11.8 Å². The normalized spacial score (nSPS) is 16.9. The molecule has 7 heteroatoms. The maximum Gasteiger partial charge on any atom is 0.224 e. The maximum absolute atomic E-state index is 12.4. The second-order valence-electron chi connectivity index (χ2n) is 7.21. The van der Waals surface area contributed by atoms with E-state index < -0.39 is 0 Å². The van der Waals surface area contributed by atoms with Crippen LogP contribution in [0.15, 0.2) is 30.6 Å². The first-order chi connectivity index (χ1) is 13.5. The molecule has 0 bridgehead atoms. The van der Waals surface area contributed by atoms with Gasteiger partial charge >= 0.3 is 0 Å². The number of carbonyl (C=O) groups is 1.